The van der Waals surface area contributed by atoms with Crippen molar-refractivity contribution in [3.05, 3.63) is 29.3 Å². The number of rotatable bonds is 5. The minimum atomic E-state index is 0.608. The Hall–Kier alpha value is -0.980. The van der Waals surface area contributed by atoms with E-state index in [1.807, 2.05) is 0 Å². The molecule has 0 aliphatic heterocycles. The van der Waals surface area contributed by atoms with Crippen LogP contribution in [0.3, 0.4) is 0 Å². The van der Waals surface area contributed by atoms with Crippen LogP contribution in [0.15, 0.2) is 18.2 Å². The average molecular weight is 205 g/mol. The lowest BCUT2D eigenvalue weighted by Gasteiger charge is -2.17. The molecule has 0 aromatic heterocycles. The molecule has 0 heterocycles. The highest BCUT2D eigenvalue weighted by molar-refractivity contribution is 5.49. The molecule has 0 aliphatic rings. The van der Waals surface area contributed by atoms with Gasteiger partial charge in [-0.05, 0) is 49.4 Å². The van der Waals surface area contributed by atoms with Gasteiger partial charge in [-0.15, -0.1) is 0 Å². The smallest absolute Gasteiger partial charge is 0.0345 e. The van der Waals surface area contributed by atoms with E-state index in [-0.39, 0.29) is 0 Å². The molecule has 0 bridgehead atoms. The first-order valence-electron chi connectivity index (χ1n) is 6.07. The quantitative estimate of drug-likeness (QED) is 0.761. The summed E-state index contributed by atoms with van der Waals surface area (Å²) >= 11 is 0. The van der Waals surface area contributed by atoms with Gasteiger partial charge in [-0.1, -0.05) is 26.8 Å². The third-order valence-corrected chi connectivity index (χ3v) is 3.08. The molecular weight excluding hydrogens is 182 g/mol. The van der Waals surface area contributed by atoms with Crippen LogP contribution >= 0.6 is 0 Å². The van der Waals surface area contributed by atoms with E-state index in [1.54, 1.807) is 0 Å². The summed E-state index contributed by atoms with van der Waals surface area (Å²) in [5.41, 5.74) is 4.11. The molecule has 1 heteroatoms. The molecule has 1 N–H and O–H groups in total. The number of benzene rings is 1. The summed E-state index contributed by atoms with van der Waals surface area (Å²) in [4.78, 5) is 0. The van der Waals surface area contributed by atoms with E-state index >= 15 is 0 Å². The van der Waals surface area contributed by atoms with Crippen LogP contribution in [0.25, 0.3) is 0 Å². The molecule has 0 radical (unpaired) electrons. The lowest BCUT2D eigenvalue weighted by Crippen LogP contribution is -2.16. The van der Waals surface area contributed by atoms with Gasteiger partial charge in [0.15, 0.2) is 0 Å². The Kier molecular flexibility index (Phi) is 4.67. The molecule has 0 saturated carbocycles. The van der Waals surface area contributed by atoms with Gasteiger partial charge in [0.25, 0.3) is 0 Å². The highest BCUT2D eigenvalue weighted by atomic mass is 14.9. The van der Waals surface area contributed by atoms with Gasteiger partial charge in [0.05, 0.1) is 0 Å². The van der Waals surface area contributed by atoms with Crippen LogP contribution in [-0.2, 0) is 6.42 Å². The summed E-state index contributed by atoms with van der Waals surface area (Å²) in [5.74, 6) is 0. The number of hydrogen-bond acceptors (Lipinski definition) is 1. The molecule has 0 spiro atoms. The monoisotopic (exact) mass is 205 g/mol. The minimum absolute atomic E-state index is 0.608. The Morgan fingerprint density at radius 1 is 1.13 bits per heavy atom. The van der Waals surface area contributed by atoms with Crippen LogP contribution in [0, 0.1) is 6.92 Å². The fourth-order valence-electron chi connectivity index (χ4n) is 1.91. The zero-order chi connectivity index (χ0) is 11.3. The number of nitrogens with one attached hydrogen (secondary N) is 1. The summed E-state index contributed by atoms with van der Waals surface area (Å²) in [5, 5.41) is 3.57. The first-order chi connectivity index (χ1) is 7.21. The summed E-state index contributed by atoms with van der Waals surface area (Å²) < 4.78 is 0. The largest absolute Gasteiger partial charge is 0.382 e. The van der Waals surface area contributed by atoms with Crippen LogP contribution in [-0.4, -0.2) is 6.04 Å². The van der Waals surface area contributed by atoms with Crippen molar-refractivity contribution < 1.29 is 0 Å². The van der Waals surface area contributed by atoms with Gasteiger partial charge in [-0.3, -0.25) is 0 Å². The van der Waals surface area contributed by atoms with Crippen molar-refractivity contribution in [1.82, 2.24) is 0 Å². The fourth-order valence-corrected chi connectivity index (χ4v) is 1.91. The highest BCUT2D eigenvalue weighted by Crippen LogP contribution is 2.17. The Balaban J connectivity index is 2.74. The van der Waals surface area contributed by atoms with Crippen LogP contribution in [0.4, 0.5) is 5.69 Å². The van der Waals surface area contributed by atoms with Gasteiger partial charge < -0.3 is 5.32 Å². The van der Waals surface area contributed by atoms with E-state index in [9.17, 15) is 0 Å². The predicted molar refractivity (Wildman–Crippen MR) is 68.5 cm³/mol. The van der Waals surface area contributed by atoms with E-state index in [4.69, 9.17) is 0 Å². The molecule has 0 atom stereocenters. The topological polar surface area (TPSA) is 12.0 Å². The van der Waals surface area contributed by atoms with Crippen LogP contribution in [0.1, 0.15) is 44.7 Å². The second-order valence-corrected chi connectivity index (χ2v) is 4.15. The van der Waals surface area contributed by atoms with Crippen LogP contribution < -0.4 is 5.32 Å². The molecule has 1 aromatic carbocycles. The first-order valence-corrected chi connectivity index (χ1v) is 6.07. The minimum Gasteiger partial charge on any atom is -0.382 e. The van der Waals surface area contributed by atoms with Crippen molar-refractivity contribution in [1.29, 1.82) is 0 Å². The fraction of sp³-hybridized carbons (Fsp3) is 0.571. The normalized spacial score (nSPS) is 10.7. The average Bonchev–Trinajstić information content (AvgIpc) is 2.26. The Morgan fingerprint density at radius 2 is 1.80 bits per heavy atom. The van der Waals surface area contributed by atoms with Crippen LogP contribution in [0.5, 0.6) is 0 Å². The molecule has 1 aromatic rings. The molecule has 1 nitrogen and oxygen atoms in total. The van der Waals surface area contributed by atoms with E-state index in [2.05, 4.69) is 51.2 Å². The maximum atomic E-state index is 3.57. The molecule has 15 heavy (non-hydrogen) atoms. The predicted octanol–water partition coefficient (Wildman–Crippen LogP) is 4.16. The first kappa shape index (κ1) is 12.1. The van der Waals surface area contributed by atoms with E-state index in [0.717, 1.165) is 6.42 Å². The zero-order valence-electron chi connectivity index (χ0n) is 10.4. The molecule has 0 unspecified atom stereocenters. The van der Waals surface area contributed by atoms with Gasteiger partial charge >= 0.3 is 0 Å². The SMILES string of the molecule is CCc1ccc(NC(CC)CC)cc1C. The third kappa shape index (κ3) is 3.26. The summed E-state index contributed by atoms with van der Waals surface area (Å²) in [6.45, 7) is 8.86. The summed E-state index contributed by atoms with van der Waals surface area (Å²) in [6, 6.07) is 7.30. The molecule has 0 aliphatic carbocycles. The van der Waals surface area contributed by atoms with Crippen molar-refractivity contribution in [3.63, 3.8) is 0 Å². The maximum Gasteiger partial charge on any atom is 0.0345 e. The molecular formula is C14H23N. The number of aryl methyl sites for hydroxylation is 2. The third-order valence-electron chi connectivity index (χ3n) is 3.08. The van der Waals surface area contributed by atoms with Gasteiger partial charge in [-0.2, -0.15) is 0 Å². The molecule has 1 rings (SSSR count). The van der Waals surface area contributed by atoms with Crippen molar-refractivity contribution in [2.75, 3.05) is 5.32 Å². The Morgan fingerprint density at radius 3 is 2.27 bits per heavy atom. The van der Waals surface area contributed by atoms with Crippen molar-refractivity contribution in [3.8, 4) is 0 Å². The Bertz CT molecular complexity index is 300. The maximum absolute atomic E-state index is 3.57. The lowest BCUT2D eigenvalue weighted by atomic mass is 10.0. The highest BCUT2D eigenvalue weighted by Gasteiger charge is 2.03. The molecule has 0 amide bonds. The number of anilines is 1. The van der Waals surface area contributed by atoms with Crippen molar-refractivity contribution >= 4 is 5.69 Å². The molecule has 0 fully saturated rings. The van der Waals surface area contributed by atoms with Crippen LogP contribution in [0.2, 0.25) is 0 Å². The van der Waals surface area contributed by atoms with Crippen molar-refractivity contribution in [2.24, 2.45) is 0 Å². The summed E-state index contributed by atoms with van der Waals surface area (Å²) in [6.07, 6.45) is 3.49. The number of hydrogen-bond donors (Lipinski definition) is 1. The van der Waals surface area contributed by atoms with E-state index < -0.39 is 0 Å². The van der Waals surface area contributed by atoms with Gasteiger partial charge in [0.2, 0.25) is 0 Å². The van der Waals surface area contributed by atoms with Gasteiger partial charge in [0, 0.05) is 11.7 Å². The molecule has 0 saturated heterocycles. The van der Waals surface area contributed by atoms with E-state index in [0.29, 0.717) is 6.04 Å². The molecule has 84 valence electrons. The van der Waals surface area contributed by atoms with Gasteiger partial charge in [-0.25, -0.2) is 0 Å². The summed E-state index contributed by atoms with van der Waals surface area (Å²) in [7, 11) is 0. The second-order valence-electron chi connectivity index (χ2n) is 4.15. The van der Waals surface area contributed by atoms with Gasteiger partial charge in [0.1, 0.15) is 0 Å². The zero-order valence-corrected chi connectivity index (χ0v) is 10.4. The van der Waals surface area contributed by atoms with Crippen molar-refractivity contribution in [2.45, 2.75) is 53.0 Å². The standard InChI is InChI=1S/C14H23N/c1-5-12-8-9-14(10-11(12)4)15-13(6-2)7-3/h8-10,13,15H,5-7H2,1-4H3. The Labute approximate surface area is 93.9 Å². The van der Waals surface area contributed by atoms with E-state index in [1.165, 1.54) is 29.7 Å². The lowest BCUT2D eigenvalue weighted by molar-refractivity contribution is 0.671. The second kappa shape index (κ2) is 5.79.